The standard InChI is InChI=1S/C15H11ClN2O/c1-9-15(19)7-12-10(3-2-4-14(12)18-9)11-5-6-17-8-13(11)16/h2-8,19H,1H3. The Bertz CT molecular complexity index is 771. The van der Waals surface area contributed by atoms with Crippen molar-refractivity contribution in [2.75, 3.05) is 0 Å². The predicted molar refractivity (Wildman–Crippen MR) is 76.4 cm³/mol. The van der Waals surface area contributed by atoms with Gasteiger partial charge in [-0.2, -0.15) is 0 Å². The molecule has 0 atom stereocenters. The number of halogens is 1. The highest BCUT2D eigenvalue weighted by atomic mass is 35.5. The maximum absolute atomic E-state index is 9.85. The first-order valence-electron chi connectivity index (χ1n) is 5.86. The highest BCUT2D eigenvalue weighted by Crippen LogP contribution is 2.34. The molecule has 0 aliphatic carbocycles. The number of hydrogen-bond acceptors (Lipinski definition) is 3. The predicted octanol–water partition coefficient (Wildman–Crippen LogP) is 3.96. The number of hydrogen-bond donors (Lipinski definition) is 1. The minimum atomic E-state index is 0.185. The number of rotatable bonds is 1. The lowest BCUT2D eigenvalue weighted by atomic mass is 10.0. The van der Waals surface area contributed by atoms with Crippen LogP contribution in [0.1, 0.15) is 5.69 Å². The van der Waals surface area contributed by atoms with Gasteiger partial charge in [0.15, 0.2) is 0 Å². The summed E-state index contributed by atoms with van der Waals surface area (Å²) in [6.45, 7) is 1.78. The summed E-state index contributed by atoms with van der Waals surface area (Å²) < 4.78 is 0. The van der Waals surface area contributed by atoms with E-state index in [2.05, 4.69) is 9.97 Å². The van der Waals surface area contributed by atoms with Crippen molar-refractivity contribution >= 4 is 22.5 Å². The maximum Gasteiger partial charge on any atom is 0.137 e. The molecule has 19 heavy (non-hydrogen) atoms. The molecule has 3 nitrogen and oxygen atoms in total. The summed E-state index contributed by atoms with van der Waals surface area (Å²) in [7, 11) is 0. The van der Waals surface area contributed by atoms with E-state index < -0.39 is 0 Å². The number of pyridine rings is 2. The van der Waals surface area contributed by atoms with E-state index in [1.807, 2.05) is 24.3 Å². The van der Waals surface area contributed by atoms with Crippen LogP contribution in [0.15, 0.2) is 42.7 Å². The first-order valence-corrected chi connectivity index (χ1v) is 6.24. The van der Waals surface area contributed by atoms with Crippen LogP contribution in [0.25, 0.3) is 22.0 Å². The van der Waals surface area contributed by atoms with Gasteiger partial charge >= 0.3 is 0 Å². The zero-order chi connectivity index (χ0) is 13.4. The molecule has 1 N–H and O–H groups in total. The Morgan fingerprint density at radius 3 is 2.79 bits per heavy atom. The first-order chi connectivity index (χ1) is 9.16. The Balaban J connectivity index is 2.36. The molecule has 0 bridgehead atoms. The summed E-state index contributed by atoms with van der Waals surface area (Å²) >= 11 is 6.18. The molecule has 94 valence electrons. The van der Waals surface area contributed by atoms with Crippen LogP contribution in [0.4, 0.5) is 0 Å². The van der Waals surface area contributed by atoms with Gasteiger partial charge in [0.25, 0.3) is 0 Å². The molecule has 0 saturated heterocycles. The van der Waals surface area contributed by atoms with E-state index in [0.29, 0.717) is 10.7 Å². The van der Waals surface area contributed by atoms with E-state index >= 15 is 0 Å². The van der Waals surface area contributed by atoms with Crippen LogP contribution in [-0.4, -0.2) is 15.1 Å². The van der Waals surface area contributed by atoms with Gasteiger partial charge in [-0.1, -0.05) is 23.7 Å². The third-order valence-corrected chi connectivity index (χ3v) is 3.39. The summed E-state index contributed by atoms with van der Waals surface area (Å²) in [6.07, 6.45) is 3.30. The largest absolute Gasteiger partial charge is 0.506 e. The fourth-order valence-corrected chi connectivity index (χ4v) is 2.33. The van der Waals surface area contributed by atoms with E-state index in [-0.39, 0.29) is 5.75 Å². The summed E-state index contributed by atoms with van der Waals surface area (Å²) in [5.41, 5.74) is 3.27. The van der Waals surface area contributed by atoms with Crippen molar-refractivity contribution in [2.45, 2.75) is 6.92 Å². The minimum absolute atomic E-state index is 0.185. The Kier molecular flexibility index (Phi) is 2.84. The van der Waals surface area contributed by atoms with Crippen molar-refractivity contribution in [3.05, 3.63) is 53.4 Å². The van der Waals surface area contributed by atoms with E-state index in [1.54, 1.807) is 25.4 Å². The number of aromatic hydroxyl groups is 1. The van der Waals surface area contributed by atoms with Gasteiger partial charge in [0.2, 0.25) is 0 Å². The molecular weight excluding hydrogens is 260 g/mol. The Labute approximate surface area is 115 Å². The average Bonchev–Trinajstić information content (AvgIpc) is 2.40. The maximum atomic E-state index is 9.85. The lowest BCUT2D eigenvalue weighted by Gasteiger charge is -2.09. The molecule has 1 aromatic carbocycles. The molecule has 0 aliphatic heterocycles. The second-order valence-corrected chi connectivity index (χ2v) is 4.73. The Morgan fingerprint density at radius 2 is 2.00 bits per heavy atom. The van der Waals surface area contributed by atoms with Crippen LogP contribution < -0.4 is 0 Å². The topological polar surface area (TPSA) is 46.0 Å². The van der Waals surface area contributed by atoms with Gasteiger partial charge in [-0.05, 0) is 30.7 Å². The van der Waals surface area contributed by atoms with Crippen LogP contribution in [0.3, 0.4) is 0 Å². The van der Waals surface area contributed by atoms with Crippen molar-refractivity contribution < 1.29 is 5.11 Å². The van der Waals surface area contributed by atoms with E-state index in [9.17, 15) is 5.11 Å². The van der Waals surface area contributed by atoms with Gasteiger partial charge in [0, 0.05) is 23.3 Å². The second kappa shape index (κ2) is 4.52. The van der Waals surface area contributed by atoms with Crippen molar-refractivity contribution in [1.82, 2.24) is 9.97 Å². The van der Waals surface area contributed by atoms with Crippen molar-refractivity contribution in [2.24, 2.45) is 0 Å². The first kappa shape index (κ1) is 11.9. The number of benzene rings is 1. The number of aryl methyl sites for hydroxylation is 1. The number of aromatic nitrogens is 2. The molecule has 0 spiro atoms. The molecule has 0 aliphatic rings. The van der Waals surface area contributed by atoms with Gasteiger partial charge in [0.1, 0.15) is 5.75 Å². The number of nitrogens with zero attached hydrogens (tertiary/aromatic N) is 2. The zero-order valence-electron chi connectivity index (χ0n) is 10.3. The van der Waals surface area contributed by atoms with Gasteiger partial charge in [-0.3, -0.25) is 4.98 Å². The molecule has 4 heteroatoms. The molecular formula is C15H11ClN2O. The SMILES string of the molecule is Cc1nc2cccc(-c3ccncc3Cl)c2cc1O. The lowest BCUT2D eigenvalue weighted by molar-refractivity contribution is 0.469. The molecule has 3 aromatic rings. The highest BCUT2D eigenvalue weighted by molar-refractivity contribution is 6.33. The fourth-order valence-electron chi connectivity index (χ4n) is 2.11. The van der Waals surface area contributed by atoms with Gasteiger partial charge < -0.3 is 5.11 Å². The highest BCUT2D eigenvalue weighted by Gasteiger charge is 2.10. The van der Waals surface area contributed by atoms with E-state index in [0.717, 1.165) is 22.0 Å². The molecule has 3 rings (SSSR count). The molecule has 0 radical (unpaired) electrons. The molecule has 0 saturated carbocycles. The third-order valence-electron chi connectivity index (χ3n) is 3.09. The van der Waals surface area contributed by atoms with E-state index in [4.69, 9.17) is 11.6 Å². The van der Waals surface area contributed by atoms with Crippen LogP contribution in [-0.2, 0) is 0 Å². The summed E-state index contributed by atoms with van der Waals surface area (Å²) in [5, 5.41) is 11.3. The summed E-state index contributed by atoms with van der Waals surface area (Å²) in [6, 6.07) is 9.38. The summed E-state index contributed by atoms with van der Waals surface area (Å²) in [5.74, 6) is 0.185. The van der Waals surface area contributed by atoms with Gasteiger partial charge in [0.05, 0.1) is 16.2 Å². The van der Waals surface area contributed by atoms with Gasteiger partial charge in [-0.25, -0.2) is 4.98 Å². The normalized spacial score (nSPS) is 10.8. The fraction of sp³-hybridized carbons (Fsp3) is 0.0667. The molecule has 0 fully saturated rings. The van der Waals surface area contributed by atoms with Crippen molar-refractivity contribution in [3.8, 4) is 16.9 Å². The lowest BCUT2D eigenvalue weighted by Crippen LogP contribution is -1.88. The smallest absolute Gasteiger partial charge is 0.137 e. The molecule has 0 unspecified atom stereocenters. The molecule has 2 aromatic heterocycles. The van der Waals surface area contributed by atoms with Crippen LogP contribution in [0.2, 0.25) is 5.02 Å². The summed E-state index contributed by atoms with van der Waals surface area (Å²) in [4.78, 5) is 8.37. The van der Waals surface area contributed by atoms with Crippen LogP contribution in [0, 0.1) is 6.92 Å². The van der Waals surface area contributed by atoms with E-state index in [1.165, 1.54) is 0 Å². The van der Waals surface area contributed by atoms with Gasteiger partial charge in [-0.15, -0.1) is 0 Å². The quantitative estimate of drug-likeness (QED) is 0.728. The Hall–Kier alpha value is -2.13. The minimum Gasteiger partial charge on any atom is -0.506 e. The molecule has 0 amide bonds. The monoisotopic (exact) mass is 270 g/mol. The average molecular weight is 271 g/mol. The Morgan fingerprint density at radius 1 is 1.16 bits per heavy atom. The zero-order valence-corrected chi connectivity index (χ0v) is 11.0. The van der Waals surface area contributed by atoms with Crippen LogP contribution >= 0.6 is 11.6 Å². The second-order valence-electron chi connectivity index (χ2n) is 4.32. The third kappa shape index (κ3) is 2.02. The number of fused-ring (bicyclic) bond motifs is 1. The van der Waals surface area contributed by atoms with Crippen LogP contribution in [0.5, 0.6) is 5.75 Å². The van der Waals surface area contributed by atoms with Crippen molar-refractivity contribution in [1.29, 1.82) is 0 Å². The molecule has 2 heterocycles. The van der Waals surface area contributed by atoms with Crippen molar-refractivity contribution in [3.63, 3.8) is 0 Å².